The van der Waals surface area contributed by atoms with Crippen LogP contribution in [0, 0.1) is 10.8 Å². The highest BCUT2D eigenvalue weighted by Crippen LogP contribution is 2.33. The van der Waals surface area contributed by atoms with Crippen molar-refractivity contribution in [2.75, 3.05) is 26.2 Å². The minimum Gasteiger partial charge on any atom is -0.424 e. The van der Waals surface area contributed by atoms with Gasteiger partial charge in [0.05, 0.1) is 10.8 Å². The molecule has 0 spiro atoms. The number of benzene rings is 1. The first-order valence-corrected chi connectivity index (χ1v) is 10.4. The van der Waals surface area contributed by atoms with Crippen molar-refractivity contribution in [3.8, 4) is 5.75 Å². The predicted octanol–water partition coefficient (Wildman–Crippen LogP) is 2.16. The molecule has 2 saturated heterocycles. The average molecular weight is 381 g/mol. The molecule has 0 bridgehead atoms. The summed E-state index contributed by atoms with van der Waals surface area (Å²) in [5, 5.41) is 6.03. The van der Waals surface area contributed by atoms with Crippen LogP contribution in [0.3, 0.4) is 0 Å². The van der Waals surface area contributed by atoms with Gasteiger partial charge in [0.25, 0.3) is 0 Å². The summed E-state index contributed by atoms with van der Waals surface area (Å²) in [5.74, 6) is -0.642. The second-order valence-electron chi connectivity index (χ2n) is 6.63. The van der Waals surface area contributed by atoms with Gasteiger partial charge in [-0.2, -0.15) is 4.31 Å². The van der Waals surface area contributed by atoms with Gasteiger partial charge in [-0.25, -0.2) is 8.42 Å². The SMILES string of the molecule is O=Nc1cc(S(=O)(=O)N2CCCCC2)ccc1OC(=O)C1CCNCC1. The lowest BCUT2D eigenvalue weighted by Crippen LogP contribution is -2.35. The van der Waals surface area contributed by atoms with E-state index < -0.39 is 16.0 Å². The van der Waals surface area contributed by atoms with E-state index in [2.05, 4.69) is 10.5 Å². The summed E-state index contributed by atoms with van der Waals surface area (Å²) in [6.07, 6.45) is 4.00. The number of carbonyl (C=O) groups is 1. The van der Waals surface area contributed by atoms with Gasteiger partial charge in [0, 0.05) is 13.1 Å². The Balaban J connectivity index is 1.79. The van der Waals surface area contributed by atoms with Crippen LogP contribution in [0.2, 0.25) is 0 Å². The molecule has 0 aliphatic carbocycles. The Kier molecular flexibility index (Phi) is 6.00. The second-order valence-corrected chi connectivity index (χ2v) is 8.57. The Labute approximate surface area is 152 Å². The summed E-state index contributed by atoms with van der Waals surface area (Å²) in [5.41, 5.74) is -0.176. The molecule has 8 nitrogen and oxygen atoms in total. The summed E-state index contributed by atoms with van der Waals surface area (Å²) in [6, 6.07) is 3.89. The van der Waals surface area contributed by atoms with E-state index in [0.717, 1.165) is 32.4 Å². The minimum atomic E-state index is -3.67. The molecule has 0 saturated carbocycles. The second kappa shape index (κ2) is 8.24. The zero-order valence-corrected chi connectivity index (χ0v) is 15.3. The highest BCUT2D eigenvalue weighted by atomic mass is 32.2. The van der Waals surface area contributed by atoms with Crippen molar-refractivity contribution in [3.63, 3.8) is 0 Å². The van der Waals surface area contributed by atoms with Crippen molar-refractivity contribution >= 4 is 21.7 Å². The van der Waals surface area contributed by atoms with E-state index in [9.17, 15) is 18.1 Å². The highest BCUT2D eigenvalue weighted by Gasteiger charge is 2.28. The predicted molar refractivity (Wildman–Crippen MR) is 95.7 cm³/mol. The molecule has 26 heavy (non-hydrogen) atoms. The molecule has 0 unspecified atom stereocenters. The van der Waals surface area contributed by atoms with Gasteiger partial charge in [-0.3, -0.25) is 4.79 Å². The van der Waals surface area contributed by atoms with E-state index in [1.54, 1.807) is 0 Å². The Morgan fingerprint density at radius 1 is 1.15 bits per heavy atom. The van der Waals surface area contributed by atoms with E-state index in [4.69, 9.17) is 4.74 Å². The number of ether oxygens (including phenoxy) is 1. The third kappa shape index (κ3) is 4.11. The number of rotatable bonds is 5. The molecular formula is C17H23N3O5S. The van der Waals surface area contributed by atoms with Gasteiger partial charge in [-0.05, 0) is 62.1 Å². The molecule has 1 aromatic carbocycles. The fraction of sp³-hybridized carbons (Fsp3) is 0.588. The van der Waals surface area contributed by atoms with E-state index in [1.165, 1.54) is 22.5 Å². The zero-order valence-electron chi connectivity index (χ0n) is 14.5. The zero-order chi connectivity index (χ0) is 18.6. The molecule has 1 N–H and O–H groups in total. The third-order valence-corrected chi connectivity index (χ3v) is 6.76. The maximum Gasteiger partial charge on any atom is 0.314 e. The van der Waals surface area contributed by atoms with Crippen LogP contribution in [0.4, 0.5) is 5.69 Å². The topological polar surface area (TPSA) is 105 Å². The first-order valence-electron chi connectivity index (χ1n) is 8.92. The number of nitroso groups, excluding NO2 is 1. The van der Waals surface area contributed by atoms with Crippen molar-refractivity contribution in [1.82, 2.24) is 9.62 Å². The Morgan fingerprint density at radius 2 is 1.85 bits per heavy atom. The van der Waals surface area contributed by atoms with Crippen LogP contribution in [0.1, 0.15) is 32.1 Å². The van der Waals surface area contributed by atoms with Crippen LogP contribution < -0.4 is 10.1 Å². The van der Waals surface area contributed by atoms with Crippen LogP contribution >= 0.6 is 0 Å². The number of hydrogen-bond acceptors (Lipinski definition) is 7. The fourth-order valence-corrected chi connectivity index (χ4v) is 4.86. The molecule has 2 aliphatic rings. The normalized spacial score (nSPS) is 19.8. The minimum absolute atomic E-state index is 0.00104. The van der Waals surface area contributed by atoms with E-state index in [-0.39, 0.29) is 22.3 Å². The largest absolute Gasteiger partial charge is 0.424 e. The van der Waals surface area contributed by atoms with Crippen molar-refractivity contribution in [2.24, 2.45) is 11.1 Å². The van der Waals surface area contributed by atoms with Crippen molar-refractivity contribution < 1.29 is 17.9 Å². The molecule has 2 heterocycles. The Bertz CT molecular complexity index is 769. The number of hydrogen-bond donors (Lipinski definition) is 1. The van der Waals surface area contributed by atoms with Gasteiger partial charge in [0.1, 0.15) is 0 Å². The van der Waals surface area contributed by atoms with E-state index >= 15 is 0 Å². The number of esters is 1. The lowest BCUT2D eigenvalue weighted by molar-refractivity contribution is -0.139. The van der Waals surface area contributed by atoms with Gasteiger partial charge < -0.3 is 10.1 Å². The smallest absolute Gasteiger partial charge is 0.314 e. The molecule has 0 radical (unpaired) electrons. The number of nitrogens with one attached hydrogen (secondary N) is 1. The maximum atomic E-state index is 12.7. The maximum absolute atomic E-state index is 12.7. The first-order chi connectivity index (χ1) is 12.5. The van der Waals surface area contributed by atoms with E-state index in [0.29, 0.717) is 25.9 Å². The van der Waals surface area contributed by atoms with Crippen LogP contribution in [0.5, 0.6) is 5.75 Å². The number of nitrogens with zero attached hydrogens (tertiary/aromatic N) is 2. The summed E-state index contributed by atoms with van der Waals surface area (Å²) >= 11 is 0. The number of carbonyl (C=O) groups excluding carboxylic acids is 1. The van der Waals surface area contributed by atoms with Crippen LogP contribution in [-0.2, 0) is 14.8 Å². The molecule has 3 rings (SSSR count). The van der Waals surface area contributed by atoms with Crippen molar-refractivity contribution in [2.45, 2.75) is 37.0 Å². The van der Waals surface area contributed by atoms with Gasteiger partial charge in [-0.15, -0.1) is 4.91 Å². The summed E-state index contributed by atoms with van der Waals surface area (Å²) in [7, 11) is -3.67. The molecule has 142 valence electrons. The molecule has 2 aliphatic heterocycles. The Hall–Kier alpha value is -1.84. The van der Waals surface area contributed by atoms with Gasteiger partial charge in [-0.1, -0.05) is 6.42 Å². The van der Waals surface area contributed by atoms with Gasteiger partial charge >= 0.3 is 5.97 Å². The van der Waals surface area contributed by atoms with Gasteiger partial charge in [0.2, 0.25) is 10.0 Å². The quantitative estimate of drug-likeness (QED) is 0.476. The van der Waals surface area contributed by atoms with Crippen LogP contribution in [0.15, 0.2) is 28.3 Å². The average Bonchev–Trinajstić information content (AvgIpc) is 2.69. The van der Waals surface area contributed by atoms with Gasteiger partial charge in [0.15, 0.2) is 11.4 Å². The van der Waals surface area contributed by atoms with Crippen molar-refractivity contribution in [3.05, 3.63) is 23.1 Å². The number of sulfonamides is 1. The lowest BCUT2D eigenvalue weighted by Gasteiger charge is -2.26. The van der Waals surface area contributed by atoms with Crippen molar-refractivity contribution in [1.29, 1.82) is 0 Å². The molecular weight excluding hydrogens is 358 g/mol. The lowest BCUT2D eigenvalue weighted by atomic mass is 9.98. The summed E-state index contributed by atoms with van der Waals surface area (Å²) in [4.78, 5) is 23.4. The fourth-order valence-electron chi connectivity index (χ4n) is 3.32. The third-order valence-electron chi connectivity index (χ3n) is 4.86. The van der Waals surface area contributed by atoms with Crippen LogP contribution in [-0.4, -0.2) is 44.9 Å². The molecule has 1 aromatic rings. The Morgan fingerprint density at radius 3 is 2.50 bits per heavy atom. The molecule has 2 fully saturated rings. The molecule has 0 atom stereocenters. The highest BCUT2D eigenvalue weighted by molar-refractivity contribution is 7.89. The molecule has 0 amide bonds. The standard InChI is InChI=1S/C17H23N3O5S/c21-17(13-6-8-18-9-7-13)25-16-5-4-14(12-15(16)19-22)26(23,24)20-10-2-1-3-11-20/h4-5,12-13,18H,1-3,6-11H2. The summed E-state index contributed by atoms with van der Waals surface area (Å²) < 4.78 is 32.1. The molecule has 0 aromatic heterocycles. The summed E-state index contributed by atoms with van der Waals surface area (Å²) in [6.45, 7) is 2.43. The van der Waals surface area contributed by atoms with Crippen LogP contribution in [0.25, 0.3) is 0 Å². The number of piperidine rings is 2. The monoisotopic (exact) mass is 381 g/mol. The molecule has 9 heteroatoms. The van der Waals surface area contributed by atoms with E-state index in [1.807, 2.05) is 0 Å². The first kappa shape index (κ1) is 18.9.